The molecule has 0 radical (unpaired) electrons. The molecule has 4 nitrogen and oxygen atoms in total. The number of amides is 1. The van der Waals surface area contributed by atoms with Gasteiger partial charge in [-0.1, -0.05) is 13.8 Å². The number of ketones is 1. The van der Waals surface area contributed by atoms with Gasteiger partial charge < -0.3 is 4.90 Å². The summed E-state index contributed by atoms with van der Waals surface area (Å²) in [6.07, 6.45) is 5.23. The topological polar surface area (TPSA) is 50.3 Å². The molecule has 0 atom stereocenters. The molecule has 4 heteroatoms. The molecule has 1 aliphatic heterocycles. The Balaban J connectivity index is 1.78. The van der Waals surface area contributed by atoms with Gasteiger partial charge in [0.15, 0.2) is 0 Å². The normalized spacial score (nSPS) is 21.6. The number of aromatic nitrogens is 1. The molecular weight excluding hydrogens is 264 g/mol. The maximum absolute atomic E-state index is 12.8. The highest BCUT2D eigenvalue weighted by Gasteiger charge is 2.48. The molecule has 1 amide bonds. The minimum atomic E-state index is -0.287. The maximum Gasteiger partial charge on any atom is 0.233 e. The summed E-state index contributed by atoms with van der Waals surface area (Å²) >= 11 is 0. The quantitative estimate of drug-likeness (QED) is 0.839. The van der Waals surface area contributed by atoms with Crippen LogP contribution in [0.25, 0.3) is 0 Å². The van der Waals surface area contributed by atoms with Crippen LogP contribution in [-0.4, -0.2) is 23.2 Å². The number of hydrogen-bond acceptors (Lipinski definition) is 3. The third-order valence-electron chi connectivity index (χ3n) is 4.95. The Morgan fingerprint density at radius 3 is 2.43 bits per heavy atom. The van der Waals surface area contributed by atoms with Gasteiger partial charge in [0.1, 0.15) is 5.78 Å². The lowest BCUT2D eigenvalue weighted by Crippen LogP contribution is -2.37. The van der Waals surface area contributed by atoms with Crippen molar-refractivity contribution in [2.45, 2.75) is 51.9 Å². The van der Waals surface area contributed by atoms with E-state index in [0.29, 0.717) is 24.5 Å². The molecule has 1 aliphatic carbocycles. The van der Waals surface area contributed by atoms with E-state index in [4.69, 9.17) is 0 Å². The van der Waals surface area contributed by atoms with E-state index in [1.54, 1.807) is 6.20 Å². The van der Waals surface area contributed by atoms with Crippen LogP contribution in [0.1, 0.15) is 57.6 Å². The third-order valence-corrected chi connectivity index (χ3v) is 4.95. The van der Waals surface area contributed by atoms with Crippen molar-refractivity contribution in [3.63, 3.8) is 0 Å². The summed E-state index contributed by atoms with van der Waals surface area (Å²) in [5.41, 5.74) is 1.64. The van der Waals surface area contributed by atoms with Crippen molar-refractivity contribution in [2.24, 2.45) is 5.41 Å². The van der Waals surface area contributed by atoms with Gasteiger partial charge in [0.05, 0.1) is 17.3 Å². The number of hydrogen-bond donors (Lipinski definition) is 0. The fourth-order valence-corrected chi connectivity index (χ4v) is 3.44. The zero-order chi connectivity index (χ0) is 15.0. The summed E-state index contributed by atoms with van der Waals surface area (Å²) in [6.45, 7) is 4.96. The molecule has 0 aromatic carbocycles. The van der Waals surface area contributed by atoms with E-state index < -0.39 is 0 Å². The van der Waals surface area contributed by atoms with Gasteiger partial charge in [-0.05, 0) is 37.3 Å². The Bertz CT molecular complexity index is 553. The predicted molar refractivity (Wildman–Crippen MR) is 81.2 cm³/mol. The lowest BCUT2D eigenvalue weighted by atomic mass is 9.72. The molecule has 1 spiro atoms. The molecule has 2 fully saturated rings. The van der Waals surface area contributed by atoms with Crippen LogP contribution in [-0.2, 0) is 9.59 Å². The summed E-state index contributed by atoms with van der Waals surface area (Å²) in [5, 5.41) is 0. The number of rotatable bonds is 2. The minimum Gasteiger partial charge on any atom is -0.310 e. The fraction of sp³-hybridized carbons (Fsp3) is 0.588. The van der Waals surface area contributed by atoms with Gasteiger partial charge in [-0.25, -0.2) is 0 Å². The van der Waals surface area contributed by atoms with Crippen LogP contribution in [0, 0.1) is 5.41 Å². The highest BCUT2D eigenvalue weighted by molar-refractivity contribution is 6.00. The largest absolute Gasteiger partial charge is 0.310 e. The van der Waals surface area contributed by atoms with E-state index in [9.17, 15) is 9.59 Å². The number of anilines is 1. The second-order valence-corrected chi connectivity index (χ2v) is 6.62. The minimum absolute atomic E-state index is 0.189. The molecular formula is C17H22N2O2. The first-order valence-corrected chi connectivity index (χ1v) is 7.81. The molecule has 2 heterocycles. The highest BCUT2D eigenvalue weighted by atomic mass is 16.2. The molecule has 1 saturated carbocycles. The fourth-order valence-electron chi connectivity index (χ4n) is 3.44. The highest BCUT2D eigenvalue weighted by Crippen LogP contribution is 2.45. The molecule has 112 valence electrons. The summed E-state index contributed by atoms with van der Waals surface area (Å²) in [7, 11) is 0. The predicted octanol–water partition coefficient (Wildman–Crippen LogP) is 3.07. The molecule has 0 unspecified atom stereocenters. The van der Waals surface area contributed by atoms with Crippen LogP contribution < -0.4 is 4.90 Å². The molecule has 2 aliphatic rings. The van der Waals surface area contributed by atoms with Crippen molar-refractivity contribution in [3.8, 4) is 0 Å². The van der Waals surface area contributed by atoms with Gasteiger partial charge in [0.25, 0.3) is 0 Å². The van der Waals surface area contributed by atoms with Crippen molar-refractivity contribution >= 4 is 17.4 Å². The Hall–Kier alpha value is -1.71. The van der Waals surface area contributed by atoms with Crippen LogP contribution in [0.15, 0.2) is 18.3 Å². The first-order valence-electron chi connectivity index (χ1n) is 7.81. The standard InChI is InChI=1S/C17H22N2O2/c1-12(2)15-4-3-13(11-18-15)19-10-9-17(16(19)21)7-5-14(20)6-8-17/h3-4,11-12H,5-10H2,1-2H3. The van der Waals surface area contributed by atoms with Crippen LogP contribution in [0.5, 0.6) is 0 Å². The third kappa shape index (κ3) is 2.47. The zero-order valence-electron chi connectivity index (χ0n) is 12.8. The van der Waals surface area contributed by atoms with E-state index >= 15 is 0 Å². The van der Waals surface area contributed by atoms with Gasteiger partial charge >= 0.3 is 0 Å². The second kappa shape index (κ2) is 5.24. The Morgan fingerprint density at radius 2 is 1.86 bits per heavy atom. The maximum atomic E-state index is 12.8. The molecule has 0 bridgehead atoms. The van der Waals surface area contributed by atoms with Crippen molar-refractivity contribution in [3.05, 3.63) is 24.0 Å². The van der Waals surface area contributed by atoms with E-state index in [2.05, 4.69) is 18.8 Å². The summed E-state index contributed by atoms with van der Waals surface area (Å²) in [5.74, 6) is 0.882. The number of Topliss-reactive ketones (excluding diaryl/α,β-unsaturated/α-hetero) is 1. The SMILES string of the molecule is CC(C)c1ccc(N2CCC3(CCC(=O)CC3)C2=O)cn1. The lowest BCUT2D eigenvalue weighted by Gasteiger charge is -2.30. The van der Waals surface area contributed by atoms with Crippen molar-refractivity contribution in [2.75, 3.05) is 11.4 Å². The number of nitrogens with zero attached hydrogens (tertiary/aromatic N) is 2. The van der Waals surface area contributed by atoms with Crippen molar-refractivity contribution < 1.29 is 9.59 Å². The first-order chi connectivity index (χ1) is 10.0. The number of carbonyl (C=O) groups is 2. The Kier molecular flexibility index (Phi) is 3.56. The Morgan fingerprint density at radius 1 is 1.14 bits per heavy atom. The smallest absolute Gasteiger partial charge is 0.233 e. The molecule has 0 N–H and O–H groups in total. The van der Waals surface area contributed by atoms with Gasteiger partial charge in [-0.3, -0.25) is 14.6 Å². The monoisotopic (exact) mass is 286 g/mol. The van der Waals surface area contributed by atoms with Crippen LogP contribution in [0.3, 0.4) is 0 Å². The summed E-state index contributed by atoms with van der Waals surface area (Å²) in [4.78, 5) is 30.5. The van der Waals surface area contributed by atoms with Gasteiger partial charge in [-0.2, -0.15) is 0 Å². The average molecular weight is 286 g/mol. The van der Waals surface area contributed by atoms with E-state index in [0.717, 1.165) is 37.2 Å². The number of pyridine rings is 1. The van der Waals surface area contributed by atoms with Gasteiger partial charge in [0.2, 0.25) is 5.91 Å². The lowest BCUT2D eigenvalue weighted by molar-refractivity contribution is -0.130. The average Bonchev–Trinajstić information content (AvgIpc) is 2.80. The van der Waals surface area contributed by atoms with Gasteiger partial charge in [0, 0.05) is 25.1 Å². The van der Waals surface area contributed by atoms with Crippen LogP contribution >= 0.6 is 0 Å². The Labute approximate surface area is 125 Å². The van der Waals surface area contributed by atoms with Gasteiger partial charge in [-0.15, -0.1) is 0 Å². The molecule has 1 saturated heterocycles. The van der Waals surface area contributed by atoms with E-state index in [-0.39, 0.29) is 11.3 Å². The van der Waals surface area contributed by atoms with E-state index in [1.165, 1.54) is 0 Å². The first kappa shape index (κ1) is 14.2. The second-order valence-electron chi connectivity index (χ2n) is 6.62. The van der Waals surface area contributed by atoms with Crippen molar-refractivity contribution in [1.82, 2.24) is 4.98 Å². The van der Waals surface area contributed by atoms with Crippen LogP contribution in [0.2, 0.25) is 0 Å². The molecule has 1 aromatic heterocycles. The molecule has 1 aromatic rings. The molecule has 21 heavy (non-hydrogen) atoms. The number of carbonyl (C=O) groups excluding carboxylic acids is 2. The van der Waals surface area contributed by atoms with E-state index in [1.807, 2.05) is 17.0 Å². The summed E-state index contributed by atoms with van der Waals surface area (Å²) < 4.78 is 0. The van der Waals surface area contributed by atoms with Crippen molar-refractivity contribution in [1.29, 1.82) is 0 Å². The summed E-state index contributed by atoms with van der Waals surface area (Å²) in [6, 6.07) is 4.00. The zero-order valence-corrected chi connectivity index (χ0v) is 12.8. The van der Waals surface area contributed by atoms with Crippen LogP contribution in [0.4, 0.5) is 5.69 Å². The molecule has 3 rings (SSSR count).